The Kier molecular flexibility index (Phi) is 9.22. The Bertz CT molecular complexity index is 957. The van der Waals surface area contributed by atoms with Crippen molar-refractivity contribution in [3.8, 4) is 0 Å². The molecule has 0 radical (unpaired) electrons. The number of methoxy groups -OCH3 is 1. The monoisotopic (exact) mass is 487 g/mol. The van der Waals surface area contributed by atoms with Gasteiger partial charge in [-0.05, 0) is 31.9 Å². The van der Waals surface area contributed by atoms with E-state index in [1.165, 1.54) is 0 Å². The van der Waals surface area contributed by atoms with Gasteiger partial charge in [-0.3, -0.25) is 4.79 Å². The fraction of sp³-hybridized carbons (Fsp3) is 0.381. The first-order valence-corrected chi connectivity index (χ1v) is 10.3. The standard InChI is InChI=1S/C21H23Cl2NO8/c1-5-7-15(25)29-10-30-21(27)32-19-12(3)24-11(2)18(31-20(26)28-4)16(19)13-8-6-9-14(22)17(13)23/h6,8-9,16,24H,5,7,10H2,1-4H3/t16-/m1/s1. The Labute approximate surface area is 195 Å². The lowest BCUT2D eigenvalue weighted by atomic mass is 9.90. The summed E-state index contributed by atoms with van der Waals surface area (Å²) in [6.07, 6.45) is -1.32. The second-order valence-electron chi connectivity index (χ2n) is 6.62. The van der Waals surface area contributed by atoms with E-state index in [0.29, 0.717) is 23.4 Å². The van der Waals surface area contributed by atoms with Gasteiger partial charge in [0.05, 0.1) is 28.5 Å². The molecule has 1 aromatic rings. The normalized spacial score (nSPS) is 15.6. The Balaban J connectivity index is 2.35. The van der Waals surface area contributed by atoms with Crippen molar-refractivity contribution in [1.82, 2.24) is 5.32 Å². The van der Waals surface area contributed by atoms with Crippen molar-refractivity contribution < 1.29 is 38.1 Å². The van der Waals surface area contributed by atoms with E-state index >= 15 is 0 Å². The number of allylic oxidation sites excluding steroid dienone is 2. The van der Waals surface area contributed by atoms with Gasteiger partial charge in [-0.15, -0.1) is 0 Å². The van der Waals surface area contributed by atoms with Crippen LogP contribution in [0.15, 0.2) is 41.1 Å². The molecule has 1 aliphatic rings. The number of carbonyl (C=O) groups excluding carboxylic acids is 3. The Morgan fingerprint density at radius 1 is 1.00 bits per heavy atom. The summed E-state index contributed by atoms with van der Waals surface area (Å²) in [5.74, 6) is -1.31. The summed E-state index contributed by atoms with van der Waals surface area (Å²) in [7, 11) is 1.16. The molecule has 1 N–H and O–H groups in total. The summed E-state index contributed by atoms with van der Waals surface area (Å²) in [6, 6.07) is 4.88. The third kappa shape index (κ3) is 6.30. The van der Waals surface area contributed by atoms with E-state index in [1.807, 2.05) is 6.92 Å². The van der Waals surface area contributed by atoms with Crippen molar-refractivity contribution in [2.45, 2.75) is 39.5 Å². The molecule has 1 heterocycles. The van der Waals surface area contributed by atoms with Gasteiger partial charge in [0.1, 0.15) is 17.4 Å². The molecule has 1 aliphatic heterocycles. The molecular weight excluding hydrogens is 465 g/mol. The topological polar surface area (TPSA) is 109 Å². The van der Waals surface area contributed by atoms with E-state index in [9.17, 15) is 14.4 Å². The molecule has 0 saturated heterocycles. The number of dihydropyridines is 1. The van der Waals surface area contributed by atoms with E-state index in [-0.39, 0.29) is 28.0 Å². The number of hydrogen-bond acceptors (Lipinski definition) is 9. The van der Waals surface area contributed by atoms with Crippen molar-refractivity contribution >= 4 is 41.5 Å². The molecular formula is C21H23Cl2NO8. The third-order valence-electron chi connectivity index (χ3n) is 4.34. The molecule has 1 atom stereocenters. The van der Waals surface area contributed by atoms with Gasteiger partial charge >= 0.3 is 18.3 Å². The minimum Gasteiger partial charge on any atom is -0.437 e. The molecule has 174 valence electrons. The molecule has 0 fully saturated rings. The molecule has 2 rings (SSSR count). The predicted molar refractivity (Wildman–Crippen MR) is 115 cm³/mol. The fourth-order valence-electron chi connectivity index (χ4n) is 2.92. The lowest BCUT2D eigenvalue weighted by Gasteiger charge is -2.30. The second kappa shape index (κ2) is 11.6. The largest absolute Gasteiger partial charge is 0.516 e. The van der Waals surface area contributed by atoms with Crippen molar-refractivity contribution in [2.24, 2.45) is 0 Å². The highest BCUT2D eigenvalue weighted by atomic mass is 35.5. The number of hydrogen-bond donors (Lipinski definition) is 1. The van der Waals surface area contributed by atoms with Gasteiger partial charge in [-0.25, -0.2) is 9.59 Å². The average Bonchev–Trinajstić information content (AvgIpc) is 2.74. The molecule has 0 amide bonds. The molecule has 0 bridgehead atoms. The molecule has 32 heavy (non-hydrogen) atoms. The number of carbonyl (C=O) groups is 3. The predicted octanol–water partition coefficient (Wildman–Crippen LogP) is 5.38. The summed E-state index contributed by atoms with van der Waals surface area (Å²) in [4.78, 5) is 35.6. The van der Waals surface area contributed by atoms with Crippen molar-refractivity contribution in [3.63, 3.8) is 0 Å². The highest BCUT2D eigenvalue weighted by Crippen LogP contribution is 2.43. The zero-order valence-electron chi connectivity index (χ0n) is 18.0. The summed E-state index contributed by atoms with van der Waals surface area (Å²) in [5.41, 5.74) is 1.30. The van der Waals surface area contributed by atoms with Crippen LogP contribution >= 0.6 is 23.2 Å². The van der Waals surface area contributed by atoms with E-state index in [2.05, 4.69) is 10.1 Å². The van der Waals surface area contributed by atoms with Crippen LogP contribution in [-0.4, -0.2) is 32.2 Å². The van der Waals surface area contributed by atoms with Crippen molar-refractivity contribution in [3.05, 3.63) is 56.7 Å². The molecule has 0 aromatic heterocycles. The van der Waals surface area contributed by atoms with E-state index < -0.39 is 31.0 Å². The zero-order valence-corrected chi connectivity index (χ0v) is 19.5. The van der Waals surface area contributed by atoms with Crippen LogP contribution in [-0.2, 0) is 28.5 Å². The Morgan fingerprint density at radius 3 is 2.22 bits per heavy atom. The van der Waals surface area contributed by atoms with Gasteiger partial charge in [0, 0.05) is 6.42 Å². The Hall–Kier alpha value is -2.91. The van der Waals surface area contributed by atoms with Gasteiger partial charge < -0.3 is 29.0 Å². The van der Waals surface area contributed by atoms with Crippen LogP contribution in [0.5, 0.6) is 0 Å². The van der Waals surface area contributed by atoms with E-state index in [0.717, 1.165) is 7.11 Å². The highest BCUT2D eigenvalue weighted by Gasteiger charge is 2.37. The van der Waals surface area contributed by atoms with Crippen LogP contribution in [0.25, 0.3) is 0 Å². The van der Waals surface area contributed by atoms with Crippen LogP contribution < -0.4 is 5.32 Å². The number of ether oxygens (including phenoxy) is 5. The lowest BCUT2D eigenvalue weighted by Crippen LogP contribution is -2.29. The number of nitrogens with one attached hydrogen (secondary N) is 1. The van der Waals surface area contributed by atoms with Crippen LogP contribution in [0, 0.1) is 0 Å². The maximum absolute atomic E-state index is 12.3. The number of halogens is 2. The fourth-order valence-corrected chi connectivity index (χ4v) is 3.34. The summed E-state index contributed by atoms with van der Waals surface area (Å²) >= 11 is 12.6. The van der Waals surface area contributed by atoms with E-state index in [4.69, 9.17) is 42.1 Å². The quantitative estimate of drug-likeness (QED) is 0.307. The molecule has 0 aliphatic carbocycles. The molecule has 0 saturated carbocycles. The first-order valence-electron chi connectivity index (χ1n) is 9.58. The number of rotatable bonds is 7. The molecule has 1 aromatic carbocycles. The van der Waals surface area contributed by atoms with Crippen LogP contribution in [0.2, 0.25) is 10.0 Å². The lowest BCUT2D eigenvalue weighted by molar-refractivity contribution is -0.153. The first kappa shape index (κ1) is 25.4. The van der Waals surface area contributed by atoms with Crippen LogP contribution in [0.4, 0.5) is 9.59 Å². The van der Waals surface area contributed by atoms with Gasteiger partial charge in [0.2, 0.25) is 6.79 Å². The van der Waals surface area contributed by atoms with Gasteiger partial charge in [-0.1, -0.05) is 42.3 Å². The minimum absolute atomic E-state index is 0.0450. The summed E-state index contributed by atoms with van der Waals surface area (Å²) in [5, 5.41) is 3.40. The van der Waals surface area contributed by atoms with Crippen LogP contribution in [0.1, 0.15) is 45.1 Å². The minimum atomic E-state index is -1.13. The summed E-state index contributed by atoms with van der Waals surface area (Å²) in [6.45, 7) is 4.51. The maximum Gasteiger partial charge on any atom is 0.516 e. The van der Waals surface area contributed by atoms with Gasteiger partial charge in [-0.2, -0.15) is 0 Å². The molecule has 11 heteroatoms. The average molecular weight is 488 g/mol. The third-order valence-corrected chi connectivity index (χ3v) is 5.17. The number of benzene rings is 1. The summed E-state index contributed by atoms with van der Waals surface area (Å²) < 4.78 is 25.0. The zero-order chi connectivity index (χ0) is 23.8. The van der Waals surface area contributed by atoms with Gasteiger partial charge in [0.25, 0.3) is 0 Å². The molecule has 0 unspecified atom stereocenters. The van der Waals surface area contributed by atoms with Gasteiger partial charge in [0.15, 0.2) is 0 Å². The second-order valence-corrected chi connectivity index (χ2v) is 7.40. The SMILES string of the molecule is CCCC(=O)OCOC(=O)OC1=C(C)NC(C)=C(OC(=O)OC)[C@H]1c1cccc(Cl)c1Cl. The smallest absolute Gasteiger partial charge is 0.437 e. The maximum atomic E-state index is 12.3. The van der Waals surface area contributed by atoms with Crippen molar-refractivity contribution in [2.75, 3.05) is 13.9 Å². The number of esters is 1. The van der Waals surface area contributed by atoms with E-state index in [1.54, 1.807) is 32.0 Å². The first-order chi connectivity index (χ1) is 15.2. The molecule has 0 spiro atoms. The van der Waals surface area contributed by atoms with Crippen LogP contribution in [0.3, 0.4) is 0 Å². The van der Waals surface area contributed by atoms with Crippen molar-refractivity contribution in [1.29, 1.82) is 0 Å². The molecule has 9 nitrogen and oxygen atoms in total. The Morgan fingerprint density at radius 2 is 1.62 bits per heavy atom. The highest BCUT2D eigenvalue weighted by molar-refractivity contribution is 6.42.